The molecular formula is C30H36. The molecule has 2 aromatic rings. The van der Waals surface area contributed by atoms with Crippen molar-refractivity contribution in [1.82, 2.24) is 0 Å². The maximum Gasteiger partial charge on any atom is 0.0249 e. The molecule has 0 unspecified atom stereocenters. The Morgan fingerprint density at radius 1 is 0.767 bits per heavy atom. The molecule has 0 saturated heterocycles. The molecule has 3 rings (SSSR count). The molecular weight excluding hydrogens is 360 g/mol. The van der Waals surface area contributed by atoms with Crippen molar-refractivity contribution < 1.29 is 0 Å². The molecule has 0 aromatic heterocycles. The molecule has 1 aliphatic rings. The third-order valence-electron chi connectivity index (χ3n) is 6.42. The summed E-state index contributed by atoms with van der Waals surface area (Å²) in [6.45, 7) is 4.21. The van der Waals surface area contributed by atoms with E-state index in [0.29, 0.717) is 5.92 Å². The van der Waals surface area contributed by atoms with Crippen LogP contribution in [0, 0.1) is 29.6 Å². The van der Waals surface area contributed by atoms with E-state index in [1.54, 1.807) is 0 Å². The standard InChI is InChI=1S/C30H36/c1-3-5-7-8-10-26-11-13-27(14-12-26)15-16-28-19-23-30(24-20-28)29-21-17-25(18-22-29)9-6-4-2/h11-14,19-20,23-25,29H,3,5,7-10,17-18,21-22H2,1-2H3. The highest BCUT2D eigenvalue weighted by molar-refractivity contribution is 5.44. The van der Waals surface area contributed by atoms with Gasteiger partial charge in [0.1, 0.15) is 0 Å². The Hall–Kier alpha value is -2.44. The molecule has 156 valence electrons. The Kier molecular flexibility index (Phi) is 9.12. The Morgan fingerprint density at radius 2 is 1.40 bits per heavy atom. The second-order valence-electron chi connectivity index (χ2n) is 8.73. The lowest BCUT2D eigenvalue weighted by Gasteiger charge is -2.27. The first-order valence-electron chi connectivity index (χ1n) is 11.9. The summed E-state index contributed by atoms with van der Waals surface area (Å²) in [5, 5.41) is 0. The third kappa shape index (κ3) is 7.11. The third-order valence-corrected chi connectivity index (χ3v) is 6.42. The summed E-state index contributed by atoms with van der Waals surface area (Å²) in [4.78, 5) is 0. The van der Waals surface area contributed by atoms with Gasteiger partial charge in [-0.1, -0.05) is 62.3 Å². The summed E-state index contributed by atoms with van der Waals surface area (Å²) in [6.07, 6.45) is 12.8. The topological polar surface area (TPSA) is 0 Å². The van der Waals surface area contributed by atoms with Crippen LogP contribution in [0.4, 0.5) is 0 Å². The van der Waals surface area contributed by atoms with Crippen LogP contribution in [0.2, 0.25) is 0 Å². The SMILES string of the molecule is CC#CCC1CCC(c2ccc(C#Cc3ccc(CCCCCC)cc3)cc2)CC1. The van der Waals surface area contributed by atoms with E-state index in [-0.39, 0.29) is 0 Å². The monoisotopic (exact) mass is 396 g/mol. The van der Waals surface area contributed by atoms with Gasteiger partial charge in [-0.25, -0.2) is 0 Å². The van der Waals surface area contributed by atoms with E-state index in [9.17, 15) is 0 Å². The quantitative estimate of drug-likeness (QED) is 0.329. The van der Waals surface area contributed by atoms with E-state index >= 15 is 0 Å². The van der Waals surface area contributed by atoms with Crippen molar-refractivity contribution >= 4 is 0 Å². The predicted molar refractivity (Wildman–Crippen MR) is 129 cm³/mol. The van der Waals surface area contributed by atoms with Gasteiger partial charge >= 0.3 is 0 Å². The van der Waals surface area contributed by atoms with E-state index in [1.807, 2.05) is 6.92 Å². The van der Waals surface area contributed by atoms with Crippen LogP contribution in [0.5, 0.6) is 0 Å². The van der Waals surface area contributed by atoms with Crippen LogP contribution in [0.15, 0.2) is 48.5 Å². The van der Waals surface area contributed by atoms with E-state index in [1.165, 1.54) is 68.9 Å². The molecule has 2 aromatic carbocycles. The van der Waals surface area contributed by atoms with Gasteiger partial charge in [-0.05, 0) is 92.7 Å². The molecule has 1 aliphatic carbocycles. The van der Waals surface area contributed by atoms with E-state index < -0.39 is 0 Å². The smallest absolute Gasteiger partial charge is 0.0249 e. The highest BCUT2D eigenvalue weighted by Crippen LogP contribution is 2.36. The van der Waals surface area contributed by atoms with Crippen LogP contribution >= 0.6 is 0 Å². The zero-order valence-electron chi connectivity index (χ0n) is 18.8. The summed E-state index contributed by atoms with van der Waals surface area (Å²) < 4.78 is 0. The maximum atomic E-state index is 3.34. The molecule has 0 spiro atoms. The Morgan fingerprint density at radius 3 is 2.00 bits per heavy atom. The molecule has 0 amide bonds. The molecule has 0 heteroatoms. The lowest BCUT2D eigenvalue weighted by Crippen LogP contribution is -2.12. The van der Waals surface area contributed by atoms with Crippen molar-refractivity contribution in [3.63, 3.8) is 0 Å². The van der Waals surface area contributed by atoms with Crippen LogP contribution in [-0.2, 0) is 6.42 Å². The first kappa shape index (κ1) is 22.2. The number of rotatable bonds is 7. The fraction of sp³-hybridized carbons (Fsp3) is 0.467. The van der Waals surface area contributed by atoms with E-state index in [4.69, 9.17) is 0 Å². The molecule has 1 saturated carbocycles. The van der Waals surface area contributed by atoms with Crippen molar-refractivity contribution in [1.29, 1.82) is 0 Å². The van der Waals surface area contributed by atoms with Gasteiger partial charge in [-0.2, -0.15) is 0 Å². The molecule has 1 fully saturated rings. The van der Waals surface area contributed by atoms with Crippen LogP contribution in [0.1, 0.15) is 99.8 Å². The van der Waals surface area contributed by atoms with Gasteiger partial charge in [-0.3, -0.25) is 0 Å². The van der Waals surface area contributed by atoms with Gasteiger partial charge in [-0.15, -0.1) is 11.8 Å². The zero-order chi connectivity index (χ0) is 21.0. The summed E-state index contributed by atoms with van der Waals surface area (Å²) in [5.74, 6) is 14.5. The fourth-order valence-corrected chi connectivity index (χ4v) is 4.44. The molecule has 0 atom stereocenters. The molecule has 0 N–H and O–H groups in total. The van der Waals surface area contributed by atoms with Gasteiger partial charge < -0.3 is 0 Å². The molecule has 0 nitrogen and oxygen atoms in total. The van der Waals surface area contributed by atoms with Crippen LogP contribution in [-0.4, -0.2) is 0 Å². The molecule has 0 aliphatic heterocycles. The summed E-state index contributed by atoms with van der Waals surface area (Å²) in [5.41, 5.74) is 5.12. The molecule has 0 radical (unpaired) electrons. The highest BCUT2D eigenvalue weighted by atomic mass is 14.3. The minimum absolute atomic E-state index is 0.711. The second-order valence-corrected chi connectivity index (χ2v) is 8.73. The number of aryl methyl sites for hydroxylation is 1. The van der Waals surface area contributed by atoms with E-state index in [2.05, 4.69) is 79.1 Å². The van der Waals surface area contributed by atoms with Gasteiger partial charge in [0, 0.05) is 17.5 Å². The van der Waals surface area contributed by atoms with Crippen molar-refractivity contribution in [2.45, 2.75) is 84.0 Å². The van der Waals surface area contributed by atoms with Crippen molar-refractivity contribution in [2.75, 3.05) is 0 Å². The van der Waals surface area contributed by atoms with Crippen molar-refractivity contribution in [3.8, 4) is 23.7 Å². The normalized spacial score (nSPS) is 18.1. The lowest BCUT2D eigenvalue weighted by atomic mass is 9.77. The minimum atomic E-state index is 0.711. The molecule has 30 heavy (non-hydrogen) atoms. The average Bonchev–Trinajstić information content (AvgIpc) is 2.81. The summed E-state index contributed by atoms with van der Waals surface area (Å²) >= 11 is 0. The van der Waals surface area contributed by atoms with Gasteiger partial charge in [0.15, 0.2) is 0 Å². The maximum absolute atomic E-state index is 3.34. The Bertz CT molecular complexity index is 870. The van der Waals surface area contributed by atoms with E-state index in [0.717, 1.165) is 23.5 Å². The summed E-state index contributed by atoms with van der Waals surface area (Å²) in [6, 6.07) is 17.8. The zero-order valence-corrected chi connectivity index (χ0v) is 18.8. The second kappa shape index (κ2) is 12.3. The largest absolute Gasteiger partial charge is 0.107 e. The van der Waals surface area contributed by atoms with Gasteiger partial charge in [0.25, 0.3) is 0 Å². The van der Waals surface area contributed by atoms with Crippen molar-refractivity contribution in [2.24, 2.45) is 5.92 Å². The number of hydrogen-bond donors (Lipinski definition) is 0. The molecule has 0 heterocycles. The first-order valence-corrected chi connectivity index (χ1v) is 11.9. The van der Waals surface area contributed by atoms with Crippen molar-refractivity contribution in [3.05, 3.63) is 70.8 Å². The highest BCUT2D eigenvalue weighted by Gasteiger charge is 2.21. The number of benzene rings is 2. The van der Waals surface area contributed by atoms with Crippen LogP contribution < -0.4 is 0 Å². The first-order chi connectivity index (χ1) is 14.8. The fourth-order valence-electron chi connectivity index (χ4n) is 4.44. The average molecular weight is 397 g/mol. The molecule has 0 bridgehead atoms. The van der Waals surface area contributed by atoms with Crippen LogP contribution in [0.25, 0.3) is 0 Å². The lowest BCUT2D eigenvalue weighted by molar-refractivity contribution is 0.331. The Balaban J connectivity index is 1.50. The van der Waals surface area contributed by atoms with Crippen LogP contribution in [0.3, 0.4) is 0 Å². The summed E-state index contributed by atoms with van der Waals surface area (Å²) in [7, 11) is 0. The Labute approximate surface area is 184 Å². The predicted octanol–water partition coefficient (Wildman–Crippen LogP) is 7.90. The number of hydrogen-bond acceptors (Lipinski definition) is 0. The van der Waals surface area contributed by atoms with Gasteiger partial charge in [0.05, 0.1) is 0 Å². The number of unbranched alkanes of at least 4 members (excludes halogenated alkanes) is 3. The van der Waals surface area contributed by atoms with Gasteiger partial charge in [0.2, 0.25) is 0 Å². The minimum Gasteiger partial charge on any atom is -0.107 e.